The maximum atomic E-state index is 12.0. The molecule has 1 atom stereocenters. The topological polar surface area (TPSA) is 91.4 Å². The number of aryl methyl sites for hydroxylation is 1. The number of nitrogens with one attached hydrogen (secondary N) is 2. The molecule has 0 bridgehead atoms. The van der Waals surface area contributed by atoms with Crippen LogP contribution in [0.4, 0.5) is 10.8 Å². The second-order valence-corrected chi connectivity index (χ2v) is 10.9. The highest BCUT2D eigenvalue weighted by Gasteiger charge is 2.35. The van der Waals surface area contributed by atoms with Crippen molar-refractivity contribution in [3.05, 3.63) is 29.0 Å². The average Bonchev–Trinajstić information content (AvgIpc) is 3.25. The summed E-state index contributed by atoms with van der Waals surface area (Å²) in [5.41, 5.74) is 4.57. The average molecular weight is 435 g/mol. The highest BCUT2D eigenvalue weighted by atomic mass is 32.2. The number of aromatic nitrogens is 1. The molecule has 7 nitrogen and oxygen atoms in total. The van der Waals surface area contributed by atoms with Crippen LogP contribution < -0.4 is 10.0 Å². The molecule has 2 aliphatic rings. The van der Waals surface area contributed by atoms with Gasteiger partial charge in [-0.3, -0.25) is 14.4 Å². The summed E-state index contributed by atoms with van der Waals surface area (Å²) >= 11 is 1.40. The van der Waals surface area contributed by atoms with E-state index in [9.17, 15) is 13.2 Å². The van der Waals surface area contributed by atoms with Crippen LogP contribution in [0, 0.1) is 12.8 Å². The maximum absolute atomic E-state index is 12.0. The molecular weight excluding hydrogens is 408 g/mol. The Balaban J connectivity index is 1.73. The number of rotatable bonds is 6. The minimum Gasteiger partial charge on any atom is -0.302 e. The second kappa shape index (κ2) is 7.37. The van der Waals surface area contributed by atoms with E-state index in [0.717, 1.165) is 46.3 Å². The molecule has 0 unspecified atom stereocenters. The second-order valence-electron chi connectivity index (χ2n) is 8.13. The Morgan fingerprint density at radius 1 is 1.31 bits per heavy atom. The van der Waals surface area contributed by atoms with Crippen molar-refractivity contribution in [2.75, 3.05) is 16.3 Å². The zero-order valence-electron chi connectivity index (χ0n) is 17.1. The predicted octanol–water partition coefficient (Wildman–Crippen LogP) is 3.56. The number of benzene rings is 1. The number of carbonyl (C=O) groups excluding carboxylic acids is 1. The Morgan fingerprint density at radius 3 is 2.66 bits per heavy atom. The fraction of sp³-hybridized carbons (Fsp3) is 0.500. The van der Waals surface area contributed by atoms with Gasteiger partial charge in [-0.25, -0.2) is 13.4 Å². The molecule has 2 aromatic rings. The summed E-state index contributed by atoms with van der Waals surface area (Å²) in [6.07, 6.45) is 3.73. The standard InChI is InChI=1S/C20H26N4O3S2/c1-11-19(28-20(21-11)22-13(3)25)15-7-16-9-24(12(2)14-5-6-14)10-17(16)18(8-15)23-29(4,26)27/h7-8,12,14,23H,5-6,9-10H2,1-4H3,(H,21,22,25)/t12-/m0/s1. The predicted molar refractivity (Wildman–Crippen MR) is 116 cm³/mol. The monoisotopic (exact) mass is 434 g/mol. The van der Waals surface area contributed by atoms with Crippen LogP contribution in [0.15, 0.2) is 12.1 Å². The van der Waals surface area contributed by atoms with Gasteiger partial charge in [0.05, 0.1) is 22.5 Å². The Kier molecular flexibility index (Phi) is 5.16. The summed E-state index contributed by atoms with van der Waals surface area (Å²) in [6, 6.07) is 4.53. The minimum atomic E-state index is -3.40. The summed E-state index contributed by atoms with van der Waals surface area (Å²) in [7, 11) is -3.40. The Bertz CT molecular complexity index is 1070. The van der Waals surface area contributed by atoms with Crippen LogP contribution in [0.3, 0.4) is 0 Å². The van der Waals surface area contributed by atoms with Gasteiger partial charge in [-0.1, -0.05) is 11.3 Å². The number of carbonyl (C=O) groups is 1. The molecule has 0 radical (unpaired) electrons. The number of fused-ring (bicyclic) bond motifs is 1. The van der Waals surface area contributed by atoms with Crippen LogP contribution in [0.2, 0.25) is 0 Å². The Hall–Kier alpha value is -1.97. The van der Waals surface area contributed by atoms with Crippen molar-refractivity contribution < 1.29 is 13.2 Å². The third-order valence-corrected chi connectivity index (χ3v) is 7.31. The molecule has 1 amide bonds. The van der Waals surface area contributed by atoms with Gasteiger partial charge in [0.2, 0.25) is 15.9 Å². The third-order valence-electron chi connectivity index (χ3n) is 5.59. The van der Waals surface area contributed by atoms with Gasteiger partial charge in [0.25, 0.3) is 0 Å². The number of anilines is 2. The van der Waals surface area contributed by atoms with E-state index in [-0.39, 0.29) is 5.91 Å². The normalized spacial score (nSPS) is 17.8. The molecule has 1 saturated carbocycles. The Labute approximate surface area is 175 Å². The molecule has 4 rings (SSSR count). The van der Waals surface area contributed by atoms with Crippen molar-refractivity contribution >= 4 is 38.1 Å². The lowest BCUT2D eigenvalue weighted by Crippen LogP contribution is -2.29. The van der Waals surface area contributed by atoms with Gasteiger partial charge in [-0.15, -0.1) is 0 Å². The van der Waals surface area contributed by atoms with Gasteiger partial charge in [-0.05, 0) is 61.4 Å². The first-order chi connectivity index (χ1) is 13.6. The quantitative estimate of drug-likeness (QED) is 0.725. The largest absolute Gasteiger partial charge is 0.302 e. The summed E-state index contributed by atoms with van der Waals surface area (Å²) in [5.74, 6) is 0.586. The molecule has 2 N–H and O–H groups in total. The van der Waals surface area contributed by atoms with Gasteiger partial charge in [-0.2, -0.15) is 0 Å². The van der Waals surface area contributed by atoms with Crippen molar-refractivity contribution in [1.29, 1.82) is 0 Å². The molecule has 1 aromatic heterocycles. The van der Waals surface area contributed by atoms with E-state index in [0.29, 0.717) is 16.9 Å². The number of sulfonamides is 1. The highest BCUT2D eigenvalue weighted by Crippen LogP contribution is 2.42. The van der Waals surface area contributed by atoms with E-state index in [1.165, 1.54) is 37.4 Å². The van der Waals surface area contributed by atoms with E-state index in [1.807, 2.05) is 13.0 Å². The van der Waals surface area contributed by atoms with Gasteiger partial charge >= 0.3 is 0 Å². The lowest BCUT2D eigenvalue weighted by atomic mass is 10.0. The smallest absolute Gasteiger partial charge is 0.229 e. The van der Waals surface area contributed by atoms with Crippen LogP contribution >= 0.6 is 11.3 Å². The summed E-state index contributed by atoms with van der Waals surface area (Å²) < 4.78 is 26.7. The molecule has 0 saturated heterocycles. The van der Waals surface area contributed by atoms with Crippen molar-refractivity contribution in [2.24, 2.45) is 5.92 Å². The van der Waals surface area contributed by atoms with Crippen molar-refractivity contribution in [3.63, 3.8) is 0 Å². The first kappa shape index (κ1) is 20.3. The molecule has 1 aliphatic heterocycles. The molecule has 1 aliphatic carbocycles. The van der Waals surface area contributed by atoms with Crippen LogP contribution in [-0.4, -0.2) is 36.5 Å². The van der Waals surface area contributed by atoms with Crippen LogP contribution in [-0.2, 0) is 27.9 Å². The zero-order valence-corrected chi connectivity index (χ0v) is 18.7. The first-order valence-corrected chi connectivity index (χ1v) is 12.4. The van der Waals surface area contributed by atoms with E-state index >= 15 is 0 Å². The SMILES string of the molecule is CC(=O)Nc1nc(C)c(-c2cc3c(c(NS(C)(=O)=O)c2)CN([C@@H](C)C2CC2)C3)s1. The summed E-state index contributed by atoms with van der Waals surface area (Å²) in [5, 5.41) is 3.28. The molecule has 9 heteroatoms. The molecule has 29 heavy (non-hydrogen) atoms. The van der Waals surface area contributed by atoms with Crippen molar-refractivity contribution in [1.82, 2.24) is 9.88 Å². The minimum absolute atomic E-state index is 0.164. The van der Waals surface area contributed by atoms with Gasteiger partial charge in [0, 0.05) is 26.1 Å². The number of nitrogens with zero attached hydrogens (tertiary/aromatic N) is 2. The van der Waals surface area contributed by atoms with Gasteiger partial charge < -0.3 is 5.32 Å². The highest BCUT2D eigenvalue weighted by molar-refractivity contribution is 7.92. The van der Waals surface area contributed by atoms with Crippen LogP contribution in [0.5, 0.6) is 0 Å². The molecule has 1 aromatic carbocycles. The van der Waals surface area contributed by atoms with E-state index in [1.54, 1.807) is 0 Å². The van der Waals surface area contributed by atoms with Gasteiger partial charge in [0.1, 0.15) is 0 Å². The van der Waals surface area contributed by atoms with E-state index in [4.69, 9.17) is 0 Å². The third kappa shape index (κ3) is 4.46. The lowest BCUT2D eigenvalue weighted by molar-refractivity contribution is -0.114. The fourth-order valence-electron chi connectivity index (χ4n) is 3.99. The number of hydrogen-bond acceptors (Lipinski definition) is 6. The van der Waals surface area contributed by atoms with Crippen LogP contribution in [0.25, 0.3) is 10.4 Å². The molecule has 1 fully saturated rings. The Morgan fingerprint density at radius 2 is 2.03 bits per heavy atom. The van der Waals surface area contributed by atoms with E-state index < -0.39 is 10.0 Å². The van der Waals surface area contributed by atoms with E-state index in [2.05, 4.69) is 32.9 Å². The fourth-order valence-corrected chi connectivity index (χ4v) is 5.57. The first-order valence-electron chi connectivity index (χ1n) is 9.73. The molecule has 156 valence electrons. The number of thiazole rings is 1. The summed E-state index contributed by atoms with van der Waals surface area (Å²) in [4.78, 5) is 19.2. The lowest BCUT2D eigenvalue weighted by Gasteiger charge is -2.23. The van der Waals surface area contributed by atoms with Gasteiger partial charge in [0.15, 0.2) is 5.13 Å². The number of amides is 1. The van der Waals surface area contributed by atoms with Crippen molar-refractivity contribution in [3.8, 4) is 10.4 Å². The summed E-state index contributed by atoms with van der Waals surface area (Å²) in [6.45, 7) is 7.19. The molecular formula is C20H26N4O3S2. The maximum Gasteiger partial charge on any atom is 0.229 e. The molecule has 2 heterocycles. The zero-order chi connectivity index (χ0) is 20.9. The molecule has 0 spiro atoms. The van der Waals surface area contributed by atoms with Crippen LogP contribution in [0.1, 0.15) is 43.5 Å². The number of hydrogen-bond donors (Lipinski definition) is 2. The van der Waals surface area contributed by atoms with Crippen molar-refractivity contribution in [2.45, 2.75) is 52.7 Å².